The Balaban J connectivity index is 1.82. The van der Waals surface area contributed by atoms with Gasteiger partial charge in [0.05, 0.1) is 17.3 Å². The molecule has 0 atom stereocenters. The highest BCUT2D eigenvalue weighted by Crippen LogP contribution is 2.36. The Morgan fingerprint density at radius 2 is 2.40 bits per heavy atom. The van der Waals surface area contributed by atoms with E-state index in [0.29, 0.717) is 17.2 Å². The first-order valence-electron chi connectivity index (χ1n) is 6.55. The van der Waals surface area contributed by atoms with E-state index in [1.165, 1.54) is 21.8 Å². The molecular weight excluding hydrogens is 292 g/mol. The number of carbonyl (C=O) groups is 1. The van der Waals surface area contributed by atoms with E-state index in [4.69, 9.17) is 10.5 Å². The van der Waals surface area contributed by atoms with Crippen molar-refractivity contribution in [3.8, 4) is 0 Å². The van der Waals surface area contributed by atoms with Crippen molar-refractivity contribution in [1.82, 2.24) is 0 Å². The molecule has 20 heavy (non-hydrogen) atoms. The van der Waals surface area contributed by atoms with Crippen LogP contribution in [0.1, 0.15) is 27.0 Å². The van der Waals surface area contributed by atoms with Crippen LogP contribution in [0.25, 0.3) is 0 Å². The van der Waals surface area contributed by atoms with E-state index in [9.17, 15) is 4.79 Å². The third-order valence-corrected chi connectivity index (χ3v) is 5.54. The molecule has 1 aliphatic heterocycles. The standard InChI is InChI=1S/C14H16N2O2S2/c1-2-18-14(17)13-10(15)7-12(20-13)16-5-3-11-9(8-16)4-6-19-11/h4,6-7H,2-3,5,8,15H2,1H3. The van der Waals surface area contributed by atoms with E-state index in [1.54, 1.807) is 6.92 Å². The molecule has 0 bridgehead atoms. The van der Waals surface area contributed by atoms with Crippen LogP contribution >= 0.6 is 22.7 Å². The Labute approximate surface area is 125 Å². The molecule has 3 rings (SSSR count). The van der Waals surface area contributed by atoms with E-state index < -0.39 is 0 Å². The van der Waals surface area contributed by atoms with Gasteiger partial charge in [-0.3, -0.25) is 0 Å². The molecular formula is C14H16N2O2S2. The van der Waals surface area contributed by atoms with Crippen LogP contribution in [0.15, 0.2) is 17.5 Å². The average Bonchev–Trinajstić information content (AvgIpc) is 3.04. The van der Waals surface area contributed by atoms with Crippen molar-refractivity contribution in [1.29, 1.82) is 0 Å². The van der Waals surface area contributed by atoms with Crippen molar-refractivity contribution < 1.29 is 9.53 Å². The van der Waals surface area contributed by atoms with Crippen molar-refractivity contribution in [2.24, 2.45) is 0 Å². The first-order valence-corrected chi connectivity index (χ1v) is 8.25. The summed E-state index contributed by atoms with van der Waals surface area (Å²) >= 11 is 3.24. The third-order valence-electron chi connectivity index (χ3n) is 3.33. The van der Waals surface area contributed by atoms with Crippen LogP contribution < -0.4 is 10.6 Å². The van der Waals surface area contributed by atoms with Crippen LogP contribution in [0, 0.1) is 0 Å². The molecule has 0 radical (unpaired) electrons. The molecule has 0 fully saturated rings. The summed E-state index contributed by atoms with van der Waals surface area (Å²) in [4.78, 5) is 16.1. The quantitative estimate of drug-likeness (QED) is 0.885. The van der Waals surface area contributed by atoms with Crippen LogP contribution in [-0.2, 0) is 17.7 Å². The van der Waals surface area contributed by atoms with E-state index in [-0.39, 0.29) is 5.97 Å². The lowest BCUT2D eigenvalue weighted by Gasteiger charge is -2.27. The molecule has 0 spiro atoms. The molecule has 0 saturated carbocycles. The first-order chi connectivity index (χ1) is 9.69. The highest BCUT2D eigenvalue weighted by Gasteiger charge is 2.22. The topological polar surface area (TPSA) is 55.6 Å². The predicted octanol–water partition coefficient (Wildman–Crippen LogP) is 3.13. The van der Waals surface area contributed by atoms with Gasteiger partial charge in [0.2, 0.25) is 0 Å². The molecule has 2 aromatic heterocycles. The lowest BCUT2D eigenvalue weighted by molar-refractivity contribution is 0.0533. The minimum Gasteiger partial charge on any atom is -0.462 e. The van der Waals surface area contributed by atoms with Crippen LogP contribution in [-0.4, -0.2) is 19.1 Å². The second-order valence-electron chi connectivity index (χ2n) is 4.63. The third kappa shape index (κ3) is 2.41. The highest BCUT2D eigenvalue weighted by atomic mass is 32.1. The number of nitrogen functional groups attached to an aromatic ring is 1. The van der Waals surface area contributed by atoms with E-state index in [2.05, 4.69) is 16.3 Å². The zero-order valence-corrected chi connectivity index (χ0v) is 12.9. The fraction of sp³-hybridized carbons (Fsp3) is 0.357. The maximum Gasteiger partial charge on any atom is 0.350 e. The molecule has 0 aliphatic carbocycles. The van der Waals surface area contributed by atoms with Gasteiger partial charge in [-0.2, -0.15) is 0 Å². The fourth-order valence-electron chi connectivity index (χ4n) is 2.34. The summed E-state index contributed by atoms with van der Waals surface area (Å²) < 4.78 is 5.03. The predicted molar refractivity (Wildman–Crippen MR) is 83.8 cm³/mol. The molecule has 3 heterocycles. The number of nitrogens with zero attached hydrogens (tertiary/aromatic N) is 1. The van der Waals surface area contributed by atoms with Gasteiger partial charge in [-0.05, 0) is 36.4 Å². The minimum absolute atomic E-state index is 0.325. The number of rotatable bonds is 3. The lowest BCUT2D eigenvalue weighted by atomic mass is 10.1. The van der Waals surface area contributed by atoms with Crippen LogP contribution in [0.2, 0.25) is 0 Å². The summed E-state index contributed by atoms with van der Waals surface area (Å²) in [5.41, 5.74) is 7.83. The van der Waals surface area contributed by atoms with Crippen LogP contribution in [0.4, 0.5) is 10.7 Å². The van der Waals surface area contributed by atoms with E-state index in [1.807, 2.05) is 17.4 Å². The van der Waals surface area contributed by atoms with Gasteiger partial charge in [-0.1, -0.05) is 0 Å². The lowest BCUT2D eigenvalue weighted by Crippen LogP contribution is -2.28. The van der Waals surface area contributed by atoms with E-state index >= 15 is 0 Å². The van der Waals surface area contributed by atoms with Gasteiger partial charge in [0.25, 0.3) is 0 Å². The maximum absolute atomic E-state index is 11.8. The Hall–Kier alpha value is -1.53. The zero-order valence-electron chi connectivity index (χ0n) is 11.2. The van der Waals surface area contributed by atoms with E-state index in [0.717, 1.165) is 24.5 Å². The zero-order chi connectivity index (χ0) is 14.1. The van der Waals surface area contributed by atoms with Gasteiger partial charge in [0.1, 0.15) is 4.88 Å². The minimum atomic E-state index is -0.325. The first kappa shape index (κ1) is 13.5. The largest absolute Gasteiger partial charge is 0.462 e. The van der Waals surface area contributed by atoms with Gasteiger partial charge < -0.3 is 15.4 Å². The number of hydrogen-bond acceptors (Lipinski definition) is 6. The highest BCUT2D eigenvalue weighted by molar-refractivity contribution is 7.18. The monoisotopic (exact) mass is 308 g/mol. The summed E-state index contributed by atoms with van der Waals surface area (Å²) in [6.07, 6.45) is 1.06. The molecule has 2 aromatic rings. The second-order valence-corrected chi connectivity index (χ2v) is 6.66. The Morgan fingerprint density at radius 1 is 1.55 bits per heavy atom. The normalized spacial score (nSPS) is 14.2. The van der Waals surface area contributed by atoms with Gasteiger partial charge >= 0.3 is 5.97 Å². The van der Waals surface area contributed by atoms with Crippen molar-refractivity contribution in [2.75, 3.05) is 23.8 Å². The second kappa shape index (κ2) is 5.46. The van der Waals surface area contributed by atoms with Gasteiger partial charge in [0, 0.05) is 18.0 Å². The number of ether oxygens (including phenoxy) is 1. The summed E-state index contributed by atoms with van der Waals surface area (Å²) in [6.45, 7) is 4.02. The maximum atomic E-state index is 11.8. The fourth-order valence-corrected chi connectivity index (χ4v) is 4.23. The van der Waals surface area contributed by atoms with Crippen LogP contribution in [0.3, 0.4) is 0 Å². The molecule has 106 valence electrons. The summed E-state index contributed by atoms with van der Waals surface area (Å²) in [5.74, 6) is -0.325. The number of anilines is 2. The van der Waals surface area contributed by atoms with Crippen LogP contribution in [0.5, 0.6) is 0 Å². The molecule has 0 amide bonds. The summed E-state index contributed by atoms with van der Waals surface area (Å²) in [7, 11) is 0. The molecule has 2 N–H and O–H groups in total. The van der Waals surface area contributed by atoms with Gasteiger partial charge in [-0.25, -0.2) is 4.79 Å². The van der Waals surface area contributed by atoms with Crippen molar-refractivity contribution in [3.05, 3.63) is 32.8 Å². The Kier molecular flexibility index (Phi) is 3.67. The molecule has 0 unspecified atom stereocenters. The molecule has 4 nitrogen and oxygen atoms in total. The number of thiophene rings is 2. The summed E-state index contributed by atoms with van der Waals surface area (Å²) in [6, 6.07) is 4.06. The number of esters is 1. The molecule has 0 saturated heterocycles. The summed E-state index contributed by atoms with van der Waals surface area (Å²) in [5, 5.41) is 3.18. The Bertz CT molecular complexity index is 633. The number of hydrogen-bond donors (Lipinski definition) is 1. The number of nitrogens with two attached hydrogens (primary N) is 1. The van der Waals surface area contributed by atoms with Gasteiger partial charge in [0.15, 0.2) is 0 Å². The van der Waals surface area contributed by atoms with Gasteiger partial charge in [-0.15, -0.1) is 22.7 Å². The molecule has 0 aromatic carbocycles. The Morgan fingerprint density at radius 3 is 3.20 bits per heavy atom. The average molecular weight is 308 g/mol. The number of fused-ring (bicyclic) bond motifs is 1. The molecule has 1 aliphatic rings. The smallest absolute Gasteiger partial charge is 0.350 e. The number of carbonyl (C=O) groups excluding carboxylic acids is 1. The SMILES string of the molecule is CCOC(=O)c1sc(N2CCc3sccc3C2)cc1N. The van der Waals surface area contributed by atoms with Crippen molar-refractivity contribution in [2.45, 2.75) is 19.9 Å². The van der Waals surface area contributed by atoms with Crippen molar-refractivity contribution in [3.63, 3.8) is 0 Å². The van der Waals surface area contributed by atoms with Crippen molar-refractivity contribution >= 4 is 39.3 Å². The molecule has 6 heteroatoms.